The van der Waals surface area contributed by atoms with Crippen LogP contribution in [-0.4, -0.2) is 28.4 Å². The number of rotatable bonds is 4. The maximum Gasteiger partial charge on any atom is 0.334 e. The lowest BCUT2D eigenvalue weighted by Gasteiger charge is -2.38. The average Bonchev–Trinajstić information content (AvgIpc) is 2.77. The van der Waals surface area contributed by atoms with Gasteiger partial charge in [-0.25, -0.2) is 9.18 Å². The van der Waals surface area contributed by atoms with Crippen molar-refractivity contribution in [3.05, 3.63) is 35.1 Å². The first kappa shape index (κ1) is 14.5. The molecule has 2 rings (SSSR count). The van der Waals surface area contributed by atoms with Crippen molar-refractivity contribution >= 4 is 11.9 Å². The smallest absolute Gasteiger partial charge is 0.334 e. The molecule has 0 spiro atoms. The zero-order valence-electron chi connectivity index (χ0n) is 11.6. The third kappa shape index (κ3) is 1.97. The second-order valence-electron chi connectivity index (χ2n) is 5.10. The molecule has 0 radical (unpaired) electrons. The second-order valence-corrected chi connectivity index (χ2v) is 5.10. The summed E-state index contributed by atoms with van der Waals surface area (Å²) in [5.41, 5.74) is -0.606. The van der Waals surface area contributed by atoms with E-state index in [1.807, 2.05) is 6.92 Å². The van der Waals surface area contributed by atoms with Crippen LogP contribution in [0, 0.1) is 5.82 Å². The van der Waals surface area contributed by atoms with Crippen LogP contribution in [0.15, 0.2) is 18.2 Å². The minimum absolute atomic E-state index is 0.220. The van der Waals surface area contributed by atoms with Gasteiger partial charge in [0.2, 0.25) is 5.91 Å². The van der Waals surface area contributed by atoms with E-state index in [1.165, 1.54) is 24.0 Å². The van der Waals surface area contributed by atoms with Gasteiger partial charge in [-0.1, -0.05) is 19.1 Å². The van der Waals surface area contributed by atoms with Gasteiger partial charge < -0.3 is 10.0 Å². The number of fused-ring (bicyclic) bond motifs is 1. The summed E-state index contributed by atoms with van der Waals surface area (Å²) < 4.78 is 13.9. The predicted octanol–water partition coefficient (Wildman–Crippen LogP) is 2.31. The summed E-state index contributed by atoms with van der Waals surface area (Å²) in [5.74, 6) is -1.79. The highest BCUT2D eigenvalue weighted by Crippen LogP contribution is 2.43. The highest BCUT2D eigenvalue weighted by Gasteiger charge is 2.51. The quantitative estimate of drug-likeness (QED) is 0.920. The van der Waals surface area contributed by atoms with E-state index in [2.05, 4.69) is 0 Å². The van der Waals surface area contributed by atoms with E-state index in [1.54, 1.807) is 6.07 Å². The molecule has 1 atom stereocenters. The molecule has 0 aliphatic heterocycles. The number of carboxylic acid groups (broad SMARTS) is 1. The molecule has 1 unspecified atom stereocenters. The molecule has 20 heavy (non-hydrogen) atoms. The Morgan fingerprint density at radius 3 is 2.70 bits per heavy atom. The highest BCUT2D eigenvalue weighted by molar-refractivity contribution is 5.88. The van der Waals surface area contributed by atoms with Gasteiger partial charge in [-0.15, -0.1) is 0 Å². The Balaban J connectivity index is 2.63. The van der Waals surface area contributed by atoms with E-state index in [9.17, 15) is 19.1 Å². The molecular weight excluding hydrogens is 261 g/mol. The van der Waals surface area contributed by atoms with Gasteiger partial charge in [0, 0.05) is 13.5 Å². The largest absolute Gasteiger partial charge is 0.479 e. The van der Waals surface area contributed by atoms with Crippen LogP contribution in [0.25, 0.3) is 0 Å². The SMILES string of the molecule is CCCN(C(C)=O)C1(C(=O)O)CCc2c(F)cccc21. The zero-order valence-corrected chi connectivity index (χ0v) is 11.6. The second kappa shape index (κ2) is 5.23. The Morgan fingerprint density at radius 1 is 1.45 bits per heavy atom. The first-order valence-electron chi connectivity index (χ1n) is 6.74. The molecule has 1 aliphatic rings. The summed E-state index contributed by atoms with van der Waals surface area (Å²) in [6.45, 7) is 3.59. The van der Waals surface area contributed by atoms with Crippen LogP contribution >= 0.6 is 0 Å². The van der Waals surface area contributed by atoms with Crippen LogP contribution in [0.4, 0.5) is 4.39 Å². The first-order chi connectivity index (χ1) is 9.45. The number of nitrogens with zero attached hydrogens (tertiary/aromatic N) is 1. The lowest BCUT2D eigenvalue weighted by Crippen LogP contribution is -2.53. The molecule has 1 aromatic carbocycles. The minimum atomic E-state index is -1.43. The Hall–Kier alpha value is -1.91. The molecule has 1 N–H and O–H groups in total. The van der Waals surface area contributed by atoms with Gasteiger partial charge in [0.15, 0.2) is 5.54 Å². The van der Waals surface area contributed by atoms with E-state index in [0.29, 0.717) is 30.5 Å². The maximum atomic E-state index is 13.9. The van der Waals surface area contributed by atoms with Crippen LogP contribution in [0.5, 0.6) is 0 Å². The van der Waals surface area contributed by atoms with E-state index < -0.39 is 17.3 Å². The van der Waals surface area contributed by atoms with Crippen LogP contribution in [0.1, 0.15) is 37.8 Å². The molecule has 108 valence electrons. The standard InChI is InChI=1S/C15H18FNO3/c1-3-9-17(10(2)18)15(14(19)20)8-7-11-12(15)5-4-6-13(11)16/h4-6H,3,7-9H2,1-2H3,(H,19,20). The summed E-state index contributed by atoms with van der Waals surface area (Å²) in [6, 6.07) is 4.45. The number of carbonyl (C=O) groups excluding carboxylic acids is 1. The lowest BCUT2D eigenvalue weighted by atomic mass is 9.89. The van der Waals surface area contributed by atoms with Gasteiger partial charge >= 0.3 is 5.97 Å². The zero-order chi connectivity index (χ0) is 14.9. The molecule has 5 heteroatoms. The molecular formula is C15H18FNO3. The van der Waals surface area contributed by atoms with Gasteiger partial charge in [0.05, 0.1) is 0 Å². The van der Waals surface area contributed by atoms with Crippen molar-refractivity contribution in [1.82, 2.24) is 4.90 Å². The van der Waals surface area contributed by atoms with Crippen LogP contribution in [0.3, 0.4) is 0 Å². The van der Waals surface area contributed by atoms with Crippen LogP contribution < -0.4 is 0 Å². The van der Waals surface area contributed by atoms with Gasteiger partial charge in [-0.3, -0.25) is 4.79 Å². The molecule has 0 saturated heterocycles. The van der Waals surface area contributed by atoms with E-state index in [0.717, 1.165) is 0 Å². The maximum absolute atomic E-state index is 13.9. The third-order valence-electron chi connectivity index (χ3n) is 3.94. The number of benzene rings is 1. The van der Waals surface area contributed by atoms with Gasteiger partial charge in [-0.2, -0.15) is 0 Å². The minimum Gasteiger partial charge on any atom is -0.479 e. The fourth-order valence-electron chi connectivity index (χ4n) is 3.10. The van der Waals surface area contributed by atoms with Crippen molar-refractivity contribution in [1.29, 1.82) is 0 Å². The Kier molecular flexibility index (Phi) is 3.79. The number of hydrogen-bond acceptors (Lipinski definition) is 2. The number of aliphatic carboxylic acids is 1. The van der Waals surface area contributed by atoms with E-state index >= 15 is 0 Å². The van der Waals surface area contributed by atoms with Gasteiger partial charge in [0.25, 0.3) is 0 Å². The number of amides is 1. The van der Waals surface area contributed by atoms with Crippen molar-refractivity contribution in [2.45, 2.75) is 38.6 Å². The predicted molar refractivity (Wildman–Crippen MR) is 71.7 cm³/mol. The summed E-state index contributed by atoms with van der Waals surface area (Å²) in [4.78, 5) is 25.2. The summed E-state index contributed by atoms with van der Waals surface area (Å²) >= 11 is 0. The molecule has 4 nitrogen and oxygen atoms in total. The van der Waals surface area contributed by atoms with Crippen molar-refractivity contribution in [2.24, 2.45) is 0 Å². The van der Waals surface area contributed by atoms with Crippen molar-refractivity contribution in [2.75, 3.05) is 6.54 Å². The summed E-state index contributed by atoms with van der Waals surface area (Å²) in [6.07, 6.45) is 1.21. The number of carbonyl (C=O) groups is 2. The molecule has 0 heterocycles. The molecule has 0 bridgehead atoms. The lowest BCUT2D eigenvalue weighted by molar-refractivity contribution is -0.159. The third-order valence-corrected chi connectivity index (χ3v) is 3.94. The summed E-state index contributed by atoms with van der Waals surface area (Å²) in [5, 5.41) is 9.73. The monoisotopic (exact) mass is 279 g/mol. The van der Waals surface area contributed by atoms with Crippen LogP contribution in [-0.2, 0) is 21.5 Å². The van der Waals surface area contributed by atoms with Gasteiger partial charge in [0.1, 0.15) is 5.82 Å². The molecule has 0 aromatic heterocycles. The molecule has 1 aliphatic carbocycles. The fourth-order valence-corrected chi connectivity index (χ4v) is 3.10. The number of carboxylic acids is 1. The number of hydrogen-bond donors (Lipinski definition) is 1. The fraction of sp³-hybridized carbons (Fsp3) is 0.467. The van der Waals surface area contributed by atoms with Crippen molar-refractivity contribution in [3.63, 3.8) is 0 Å². The normalized spacial score (nSPS) is 20.6. The van der Waals surface area contributed by atoms with Crippen molar-refractivity contribution in [3.8, 4) is 0 Å². The highest BCUT2D eigenvalue weighted by atomic mass is 19.1. The average molecular weight is 279 g/mol. The Bertz CT molecular complexity index is 558. The Morgan fingerprint density at radius 2 is 2.15 bits per heavy atom. The van der Waals surface area contributed by atoms with Crippen LogP contribution in [0.2, 0.25) is 0 Å². The van der Waals surface area contributed by atoms with E-state index in [-0.39, 0.29) is 12.3 Å². The summed E-state index contributed by atoms with van der Waals surface area (Å²) in [7, 11) is 0. The molecule has 0 saturated carbocycles. The topological polar surface area (TPSA) is 57.6 Å². The van der Waals surface area contributed by atoms with E-state index in [4.69, 9.17) is 0 Å². The Labute approximate surface area is 117 Å². The first-order valence-corrected chi connectivity index (χ1v) is 6.74. The van der Waals surface area contributed by atoms with Crippen molar-refractivity contribution < 1.29 is 19.1 Å². The molecule has 1 amide bonds. The molecule has 0 fully saturated rings. The van der Waals surface area contributed by atoms with Gasteiger partial charge in [-0.05, 0) is 36.5 Å². The molecule has 1 aromatic rings. The number of halogens is 1.